The van der Waals surface area contributed by atoms with Gasteiger partial charge in [-0.25, -0.2) is 4.79 Å². The van der Waals surface area contributed by atoms with E-state index in [4.69, 9.17) is 4.74 Å². The van der Waals surface area contributed by atoms with Gasteiger partial charge >= 0.3 is 5.97 Å². The molecule has 1 aromatic carbocycles. The normalized spacial score (nSPS) is 16.4. The van der Waals surface area contributed by atoms with Crippen molar-refractivity contribution in [2.45, 2.75) is 19.3 Å². The number of hydrogen-bond acceptors (Lipinski definition) is 3. The van der Waals surface area contributed by atoms with Gasteiger partial charge in [-0.2, -0.15) is 0 Å². The Labute approximate surface area is 128 Å². The summed E-state index contributed by atoms with van der Waals surface area (Å²) < 4.78 is 5.97. The topological polar surface area (TPSA) is 29.5 Å². The molecule has 1 aromatic rings. The zero-order valence-corrected chi connectivity index (χ0v) is 13.4. The Balaban J connectivity index is 1.94. The van der Waals surface area contributed by atoms with Crippen molar-refractivity contribution in [1.82, 2.24) is 0 Å². The van der Waals surface area contributed by atoms with Crippen molar-refractivity contribution < 1.29 is 9.53 Å². The second kappa shape index (κ2) is 7.12. The van der Waals surface area contributed by atoms with Crippen LogP contribution in [0.3, 0.4) is 0 Å². The molecule has 0 N–H and O–H groups in total. The van der Waals surface area contributed by atoms with E-state index in [9.17, 15) is 4.79 Å². The lowest BCUT2D eigenvalue weighted by molar-refractivity contribution is 0.0601. The fourth-order valence-corrected chi connectivity index (χ4v) is 3.44. The number of halogens is 1. The number of ether oxygens (including phenoxy) is 1. The molecule has 3 nitrogen and oxygen atoms in total. The molecular formula is C15H20INO2. The van der Waals surface area contributed by atoms with E-state index in [0.717, 1.165) is 19.0 Å². The number of hydrogen-bond donors (Lipinski definition) is 0. The van der Waals surface area contributed by atoms with Gasteiger partial charge in [0.2, 0.25) is 0 Å². The number of nitrogens with zero attached hydrogens (tertiary/aromatic N) is 1. The van der Waals surface area contributed by atoms with Gasteiger partial charge in [0.05, 0.1) is 12.7 Å². The minimum atomic E-state index is -0.271. The molecule has 0 aromatic heterocycles. The van der Waals surface area contributed by atoms with Crippen molar-refractivity contribution in [2.24, 2.45) is 5.92 Å². The summed E-state index contributed by atoms with van der Waals surface area (Å²) in [6.07, 6.45) is 3.90. The fraction of sp³-hybridized carbons (Fsp3) is 0.533. The van der Waals surface area contributed by atoms with Crippen molar-refractivity contribution in [3.05, 3.63) is 29.8 Å². The molecule has 4 heteroatoms. The number of carbonyl (C=O) groups is 1. The van der Waals surface area contributed by atoms with Crippen molar-refractivity contribution in [3.63, 3.8) is 0 Å². The number of methoxy groups -OCH3 is 1. The standard InChI is InChI=1S/C15H20INO2/c1-19-15(18)13-2-4-14(5-3-13)17-10-7-12(6-9-16)8-11-17/h2-5,12H,6-11H2,1H3. The Kier molecular flexibility index (Phi) is 5.48. The average molecular weight is 373 g/mol. The van der Waals surface area contributed by atoms with Gasteiger partial charge in [0, 0.05) is 18.8 Å². The van der Waals surface area contributed by atoms with Crippen molar-refractivity contribution in [1.29, 1.82) is 0 Å². The lowest BCUT2D eigenvalue weighted by Crippen LogP contribution is -2.33. The van der Waals surface area contributed by atoms with Crippen LogP contribution in [0.1, 0.15) is 29.6 Å². The number of rotatable bonds is 4. The highest BCUT2D eigenvalue weighted by molar-refractivity contribution is 14.1. The highest BCUT2D eigenvalue weighted by Gasteiger charge is 2.19. The molecule has 1 aliphatic heterocycles. The van der Waals surface area contributed by atoms with Crippen molar-refractivity contribution >= 4 is 34.2 Å². The molecule has 0 atom stereocenters. The van der Waals surface area contributed by atoms with E-state index in [2.05, 4.69) is 27.5 Å². The molecule has 0 amide bonds. The summed E-state index contributed by atoms with van der Waals surface area (Å²) in [5, 5.41) is 0. The van der Waals surface area contributed by atoms with Crippen LogP contribution in [0.25, 0.3) is 0 Å². The second-order valence-electron chi connectivity index (χ2n) is 4.95. The minimum absolute atomic E-state index is 0.271. The molecule has 19 heavy (non-hydrogen) atoms. The quantitative estimate of drug-likeness (QED) is 0.460. The summed E-state index contributed by atoms with van der Waals surface area (Å²) >= 11 is 2.46. The first-order chi connectivity index (χ1) is 9.24. The maximum atomic E-state index is 11.4. The van der Waals surface area contributed by atoms with Crippen LogP contribution < -0.4 is 4.90 Å². The Bertz CT molecular complexity index is 411. The molecule has 104 valence electrons. The van der Waals surface area contributed by atoms with E-state index >= 15 is 0 Å². The molecule has 1 saturated heterocycles. The van der Waals surface area contributed by atoms with Gasteiger partial charge in [-0.05, 0) is 53.9 Å². The monoisotopic (exact) mass is 373 g/mol. The first kappa shape index (κ1) is 14.6. The first-order valence-electron chi connectivity index (χ1n) is 6.74. The fourth-order valence-electron chi connectivity index (χ4n) is 2.56. The molecule has 1 aliphatic rings. The third-order valence-electron chi connectivity index (χ3n) is 3.79. The zero-order valence-electron chi connectivity index (χ0n) is 11.3. The lowest BCUT2D eigenvalue weighted by atomic mass is 9.94. The van der Waals surface area contributed by atoms with Gasteiger partial charge in [0.25, 0.3) is 0 Å². The van der Waals surface area contributed by atoms with Crippen LogP contribution in [-0.2, 0) is 4.74 Å². The molecule has 0 saturated carbocycles. The number of benzene rings is 1. The molecule has 0 bridgehead atoms. The maximum absolute atomic E-state index is 11.4. The Hall–Kier alpha value is -0.780. The summed E-state index contributed by atoms with van der Waals surface area (Å²) in [7, 11) is 1.41. The Morgan fingerprint density at radius 1 is 1.32 bits per heavy atom. The first-order valence-corrected chi connectivity index (χ1v) is 8.26. The Morgan fingerprint density at radius 2 is 1.95 bits per heavy atom. The molecule has 1 fully saturated rings. The molecule has 0 radical (unpaired) electrons. The van der Waals surface area contributed by atoms with Crippen molar-refractivity contribution in [3.8, 4) is 0 Å². The van der Waals surface area contributed by atoms with Gasteiger partial charge in [-0.3, -0.25) is 0 Å². The third kappa shape index (κ3) is 3.84. The SMILES string of the molecule is COC(=O)c1ccc(N2CCC(CCI)CC2)cc1. The molecule has 0 unspecified atom stereocenters. The van der Waals surface area contributed by atoms with Crippen LogP contribution in [0, 0.1) is 5.92 Å². The molecular weight excluding hydrogens is 353 g/mol. The lowest BCUT2D eigenvalue weighted by Gasteiger charge is -2.33. The third-order valence-corrected chi connectivity index (χ3v) is 4.41. The van der Waals surface area contributed by atoms with Gasteiger partial charge in [-0.1, -0.05) is 22.6 Å². The van der Waals surface area contributed by atoms with Crippen LogP contribution in [0.15, 0.2) is 24.3 Å². The van der Waals surface area contributed by atoms with Crippen LogP contribution in [0.2, 0.25) is 0 Å². The summed E-state index contributed by atoms with van der Waals surface area (Å²) in [5.74, 6) is 0.620. The number of esters is 1. The van der Waals surface area contributed by atoms with Gasteiger partial charge < -0.3 is 9.64 Å². The van der Waals surface area contributed by atoms with E-state index in [1.807, 2.05) is 24.3 Å². The van der Waals surface area contributed by atoms with Crippen LogP contribution in [0.4, 0.5) is 5.69 Å². The predicted molar refractivity (Wildman–Crippen MR) is 86.2 cm³/mol. The van der Waals surface area contributed by atoms with E-state index in [1.165, 1.54) is 36.5 Å². The summed E-state index contributed by atoms with van der Waals surface area (Å²) in [5.41, 5.74) is 1.83. The van der Waals surface area contributed by atoms with Crippen LogP contribution in [-0.4, -0.2) is 30.6 Å². The van der Waals surface area contributed by atoms with Crippen LogP contribution in [0.5, 0.6) is 0 Å². The predicted octanol–water partition coefficient (Wildman–Crippen LogP) is 3.51. The van der Waals surface area contributed by atoms with Gasteiger partial charge in [-0.15, -0.1) is 0 Å². The highest BCUT2D eigenvalue weighted by atomic mass is 127. The second-order valence-corrected chi connectivity index (χ2v) is 6.03. The Morgan fingerprint density at radius 3 is 2.47 bits per heavy atom. The van der Waals surface area contributed by atoms with Crippen molar-refractivity contribution in [2.75, 3.05) is 29.5 Å². The van der Waals surface area contributed by atoms with E-state index < -0.39 is 0 Å². The minimum Gasteiger partial charge on any atom is -0.465 e. The number of piperidine rings is 1. The molecule has 2 rings (SSSR count). The average Bonchev–Trinajstić information content (AvgIpc) is 2.48. The van der Waals surface area contributed by atoms with Gasteiger partial charge in [0.1, 0.15) is 0 Å². The van der Waals surface area contributed by atoms with E-state index in [0.29, 0.717) is 5.56 Å². The summed E-state index contributed by atoms with van der Waals surface area (Å²) in [4.78, 5) is 13.8. The molecule has 1 heterocycles. The largest absolute Gasteiger partial charge is 0.465 e. The van der Waals surface area contributed by atoms with Crippen LogP contribution >= 0.6 is 22.6 Å². The maximum Gasteiger partial charge on any atom is 0.337 e. The molecule has 0 spiro atoms. The van der Waals surface area contributed by atoms with E-state index in [-0.39, 0.29) is 5.97 Å². The summed E-state index contributed by atoms with van der Waals surface area (Å²) in [6.45, 7) is 2.25. The summed E-state index contributed by atoms with van der Waals surface area (Å²) in [6, 6.07) is 7.73. The molecule has 0 aliphatic carbocycles. The number of anilines is 1. The number of carbonyl (C=O) groups excluding carboxylic acids is 1. The highest BCUT2D eigenvalue weighted by Crippen LogP contribution is 2.25. The smallest absolute Gasteiger partial charge is 0.337 e. The number of alkyl halides is 1. The van der Waals surface area contributed by atoms with E-state index in [1.54, 1.807) is 0 Å². The zero-order chi connectivity index (χ0) is 13.7. The van der Waals surface area contributed by atoms with Gasteiger partial charge in [0.15, 0.2) is 0 Å².